The predicted molar refractivity (Wildman–Crippen MR) is 244 cm³/mol. The molecule has 11 aromatic rings. The van der Waals surface area contributed by atoms with Crippen LogP contribution in [0.1, 0.15) is 22.3 Å². The summed E-state index contributed by atoms with van der Waals surface area (Å²) in [5, 5.41) is 8.61. The monoisotopic (exact) mass is 748 g/mol. The molecule has 0 spiro atoms. The lowest BCUT2D eigenvalue weighted by molar-refractivity contribution is 0.637. The molecule has 0 amide bonds. The van der Waals surface area contributed by atoms with Crippen molar-refractivity contribution >= 4 is 99.5 Å². The molecule has 58 heavy (non-hydrogen) atoms. The largest absolute Gasteiger partial charge is 0.451 e. The third kappa shape index (κ3) is 5.52. The van der Waals surface area contributed by atoms with Gasteiger partial charge in [-0.25, -0.2) is 0 Å². The molecule has 11 rings (SSSR count). The van der Waals surface area contributed by atoms with Gasteiger partial charge in [0.25, 0.3) is 0 Å². The molecular weight excluding hydrogens is 709 g/mol. The quantitative estimate of drug-likeness (QED) is 0.170. The molecule has 2 aromatic heterocycles. The summed E-state index contributed by atoms with van der Waals surface area (Å²) < 4.78 is 13.7. The summed E-state index contributed by atoms with van der Waals surface area (Å²) in [6.45, 7) is 8.50. The molecule has 0 aliphatic carbocycles. The maximum absolute atomic E-state index is 6.87. The highest BCUT2D eigenvalue weighted by Crippen LogP contribution is 2.45. The molecule has 2 heterocycles. The van der Waals surface area contributed by atoms with Crippen molar-refractivity contribution in [3.05, 3.63) is 192 Å². The predicted octanol–water partition coefficient (Wildman–Crippen LogP) is 16.0. The van der Waals surface area contributed by atoms with Crippen molar-refractivity contribution in [3.8, 4) is 0 Å². The van der Waals surface area contributed by atoms with Gasteiger partial charge in [0.05, 0.1) is 0 Å². The molecule has 4 heteroatoms. The lowest BCUT2D eigenvalue weighted by atomic mass is 10.0. The minimum Gasteiger partial charge on any atom is -0.451 e. The highest BCUT2D eigenvalue weighted by Gasteiger charge is 2.21. The zero-order valence-electron chi connectivity index (χ0n) is 32.9. The number of hydrogen-bond donors (Lipinski definition) is 0. The summed E-state index contributed by atoms with van der Waals surface area (Å²) in [6.07, 6.45) is 0. The van der Waals surface area contributed by atoms with E-state index in [9.17, 15) is 0 Å². The topological polar surface area (TPSA) is 32.8 Å². The number of nitrogens with zero attached hydrogens (tertiary/aromatic N) is 2. The molecule has 278 valence electrons. The normalized spacial score (nSPS) is 11.8. The number of fused-ring (bicyclic) bond motifs is 11. The van der Waals surface area contributed by atoms with Crippen LogP contribution < -0.4 is 9.80 Å². The van der Waals surface area contributed by atoms with Crippen LogP contribution in [0, 0.1) is 27.7 Å². The molecule has 0 saturated carbocycles. The third-order valence-electron chi connectivity index (χ3n) is 11.7. The van der Waals surface area contributed by atoms with Crippen molar-refractivity contribution in [2.24, 2.45) is 0 Å². The lowest BCUT2D eigenvalue weighted by Gasteiger charge is -2.26. The molecule has 0 fully saturated rings. The maximum Gasteiger partial charge on any atom is 0.178 e. The molecule has 9 aromatic carbocycles. The fraction of sp³-hybridized carbons (Fsp3) is 0.0741. The average Bonchev–Trinajstić information content (AvgIpc) is 3.83. The van der Waals surface area contributed by atoms with Gasteiger partial charge in [-0.1, -0.05) is 82.9 Å². The molecule has 0 saturated heterocycles. The zero-order valence-corrected chi connectivity index (χ0v) is 32.9. The molecular formula is C54H40N2O2. The van der Waals surface area contributed by atoms with Crippen LogP contribution >= 0.6 is 0 Å². The highest BCUT2D eigenvalue weighted by atomic mass is 16.4. The van der Waals surface area contributed by atoms with Gasteiger partial charge < -0.3 is 18.6 Å². The van der Waals surface area contributed by atoms with Crippen molar-refractivity contribution in [2.45, 2.75) is 27.7 Å². The second-order valence-corrected chi connectivity index (χ2v) is 15.7. The van der Waals surface area contributed by atoms with Crippen LogP contribution in [0.5, 0.6) is 0 Å². The second-order valence-electron chi connectivity index (χ2n) is 15.7. The van der Waals surface area contributed by atoms with E-state index in [4.69, 9.17) is 8.83 Å². The van der Waals surface area contributed by atoms with Gasteiger partial charge in [0.1, 0.15) is 11.2 Å². The fourth-order valence-corrected chi connectivity index (χ4v) is 8.56. The molecule has 4 nitrogen and oxygen atoms in total. The van der Waals surface area contributed by atoms with E-state index in [0.29, 0.717) is 0 Å². The van der Waals surface area contributed by atoms with Gasteiger partial charge in [0.2, 0.25) is 0 Å². The summed E-state index contributed by atoms with van der Waals surface area (Å²) in [5.74, 6) is 0. The maximum atomic E-state index is 6.87. The van der Waals surface area contributed by atoms with Gasteiger partial charge in [-0.05, 0) is 148 Å². The molecule has 0 aliphatic heterocycles. The first-order chi connectivity index (χ1) is 28.4. The molecule has 0 radical (unpaired) electrons. The fourth-order valence-electron chi connectivity index (χ4n) is 8.56. The van der Waals surface area contributed by atoms with Crippen molar-refractivity contribution in [1.29, 1.82) is 0 Å². The van der Waals surface area contributed by atoms with Crippen LogP contribution in [0.3, 0.4) is 0 Å². The summed E-state index contributed by atoms with van der Waals surface area (Å²) in [4.78, 5) is 4.63. The van der Waals surface area contributed by atoms with Gasteiger partial charge in [-0.15, -0.1) is 0 Å². The molecule has 0 unspecified atom stereocenters. The van der Waals surface area contributed by atoms with E-state index < -0.39 is 0 Å². The Morgan fingerprint density at radius 3 is 0.845 bits per heavy atom. The molecule has 0 aliphatic rings. The van der Waals surface area contributed by atoms with Gasteiger partial charge >= 0.3 is 0 Å². The Morgan fingerprint density at radius 2 is 0.517 bits per heavy atom. The zero-order chi connectivity index (χ0) is 39.1. The number of furan rings is 2. The molecule has 0 bridgehead atoms. The number of hydrogen-bond acceptors (Lipinski definition) is 4. The number of rotatable bonds is 6. The first-order valence-electron chi connectivity index (χ1n) is 19.9. The SMILES string of the molecule is Cc1ccc(N(c2ccc(C)cc2)c2ccc3c(ccc4c5ccc6c7ccc8cc(N(c9ccc(C)cc9)c9ccc(C)cc9)ccc8c7oc6c5oc34)c2)cc1. The smallest absolute Gasteiger partial charge is 0.178 e. The van der Waals surface area contributed by atoms with Crippen molar-refractivity contribution < 1.29 is 8.83 Å². The summed E-state index contributed by atoms with van der Waals surface area (Å²) in [6, 6.07) is 61.3. The summed E-state index contributed by atoms with van der Waals surface area (Å²) in [5.41, 5.74) is 14.9. The van der Waals surface area contributed by atoms with Gasteiger partial charge in [0.15, 0.2) is 11.2 Å². The van der Waals surface area contributed by atoms with Gasteiger partial charge in [0, 0.05) is 66.4 Å². The Labute approximate surface area is 336 Å². The van der Waals surface area contributed by atoms with Crippen molar-refractivity contribution in [2.75, 3.05) is 9.80 Å². The number of benzene rings is 9. The second kappa shape index (κ2) is 13.1. The van der Waals surface area contributed by atoms with Crippen molar-refractivity contribution in [1.82, 2.24) is 0 Å². The van der Waals surface area contributed by atoms with E-state index >= 15 is 0 Å². The van der Waals surface area contributed by atoms with Crippen LogP contribution in [-0.2, 0) is 0 Å². The van der Waals surface area contributed by atoms with E-state index in [-0.39, 0.29) is 0 Å². The first-order valence-corrected chi connectivity index (χ1v) is 19.9. The first kappa shape index (κ1) is 34.0. The lowest BCUT2D eigenvalue weighted by Crippen LogP contribution is -2.09. The van der Waals surface area contributed by atoms with E-state index in [1.165, 1.54) is 22.3 Å². The Morgan fingerprint density at radius 1 is 0.259 bits per heavy atom. The number of aryl methyl sites for hydroxylation is 4. The Kier molecular flexibility index (Phi) is 7.70. The molecule has 0 atom stereocenters. The van der Waals surface area contributed by atoms with E-state index in [1.54, 1.807) is 0 Å². The minimum atomic E-state index is 0.774. The van der Waals surface area contributed by atoms with Crippen LogP contribution in [0.15, 0.2) is 179 Å². The molecule has 0 N–H and O–H groups in total. The Hall–Kier alpha value is -7.30. The van der Waals surface area contributed by atoms with E-state index in [1.807, 2.05) is 0 Å². The standard InChI is InChI=1S/C54H40N2O2/c1-33-5-15-39(16-6-33)55(40-17-7-34(2)8-18-40)43-23-27-45-37(31-43)13-25-47-49-29-30-50-48-26-14-38-32-44(24-28-46(38)52(48)58-54(50)53(49)57-51(45)47)56(41-19-9-35(3)10-20-41)42-21-11-36(4)12-22-42/h5-32H,1-4H3. The van der Waals surface area contributed by atoms with Crippen molar-refractivity contribution in [3.63, 3.8) is 0 Å². The average molecular weight is 749 g/mol. The van der Waals surface area contributed by atoms with E-state index in [2.05, 4.69) is 207 Å². The third-order valence-corrected chi connectivity index (χ3v) is 11.7. The summed E-state index contributed by atoms with van der Waals surface area (Å²) >= 11 is 0. The highest BCUT2D eigenvalue weighted by molar-refractivity contribution is 6.24. The van der Waals surface area contributed by atoms with Crippen LogP contribution in [0.2, 0.25) is 0 Å². The summed E-state index contributed by atoms with van der Waals surface area (Å²) in [7, 11) is 0. The van der Waals surface area contributed by atoms with Gasteiger partial charge in [-0.3, -0.25) is 0 Å². The Balaban J connectivity index is 1.03. The van der Waals surface area contributed by atoms with Crippen LogP contribution in [-0.4, -0.2) is 0 Å². The van der Waals surface area contributed by atoms with Crippen LogP contribution in [0.25, 0.3) is 65.4 Å². The number of anilines is 6. The van der Waals surface area contributed by atoms with Crippen LogP contribution in [0.4, 0.5) is 34.1 Å². The van der Waals surface area contributed by atoms with E-state index in [0.717, 1.165) is 99.5 Å². The minimum absolute atomic E-state index is 0.774. The van der Waals surface area contributed by atoms with Gasteiger partial charge in [-0.2, -0.15) is 0 Å². The Bertz CT molecular complexity index is 3040.